The minimum atomic E-state index is -0.819. The number of carbonyl (C=O) groups excluding carboxylic acids is 5. The Morgan fingerprint density at radius 3 is 1.64 bits per heavy atom. The fourth-order valence-electron chi connectivity index (χ4n) is 10.1. The number of primary amides is 1. The quantitative estimate of drug-likeness (QED) is 0.0567. The molecule has 0 radical (unpaired) electrons. The van der Waals surface area contributed by atoms with Gasteiger partial charge >= 0.3 is 0 Å². The monoisotopic (exact) mass is 1040 g/mol. The molecule has 1 unspecified atom stereocenters. The van der Waals surface area contributed by atoms with Crippen molar-refractivity contribution in [3.05, 3.63) is 113 Å². The fourth-order valence-corrected chi connectivity index (χ4v) is 10.1. The van der Waals surface area contributed by atoms with E-state index in [4.69, 9.17) is 39.4 Å². The molecule has 4 heterocycles. The summed E-state index contributed by atoms with van der Waals surface area (Å²) >= 11 is 0. The lowest BCUT2D eigenvalue weighted by Crippen LogP contribution is -2.50. The second-order valence-electron chi connectivity index (χ2n) is 19.9. The van der Waals surface area contributed by atoms with Crippen LogP contribution in [0.4, 0.5) is 11.4 Å². The lowest BCUT2D eigenvalue weighted by atomic mass is 9.79. The van der Waals surface area contributed by atoms with Gasteiger partial charge in [-0.2, -0.15) is 0 Å². The maximum absolute atomic E-state index is 14.1. The molecule has 0 fully saturated rings. The number of aliphatic imine (C=N–C) groups is 2. The molecule has 17 heteroatoms. The van der Waals surface area contributed by atoms with Crippen LogP contribution < -0.4 is 40.1 Å². The molecule has 4 aromatic carbocycles. The smallest absolute Gasteiger partial charge is 0.260 e. The van der Waals surface area contributed by atoms with Gasteiger partial charge in [-0.15, -0.1) is 0 Å². The third-order valence-electron chi connectivity index (χ3n) is 14.4. The number of ether oxygens (including phenoxy) is 5. The van der Waals surface area contributed by atoms with E-state index in [0.717, 1.165) is 65.7 Å². The summed E-state index contributed by atoms with van der Waals surface area (Å²) in [6.45, 7) is 8.46. The van der Waals surface area contributed by atoms with E-state index in [0.29, 0.717) is 78.0 Å². The predicted octanol–water partition coefficient (Wildman–Crippen LogP) is 8.97. The number of hydrogen-bond donors (Lipinski definition) is 3. The number of unbranched alkanes of at least 4 members (excludes halogenated alkanes) is 3. The van der Waals surface area contributed by atoms with Crippen LogP contribution in [-0.2, 0) is 20.9 Å². The Morgan fingerprint density at radius 1 is 0.671 bits per heavy atom. The molecule has 0 spiro atoms. The van der Waals surface area contributed by atoms with Crippen LogP contribution in [0.25, 0.3) is 11.1 Å². The number of rotatable bonds is 24. The van der Waals surface area contributed by atoms with E-state index >= 15 is 0 Å². The summed E-state index contributed by atoms with van der Waals surface area (Å²) < 4.78 is 29.0. The predicted molar refractivity (Wildman–Crippen MR) is 292 cm³/mol. The van der Waals surface area contributed by atoms with Crippen molar-refractivity contribution >= 4 is 64.5 Å². The number of fused-ring (bicyclic) bond motifs is 4. The van der Waals surface area contributed by atoms with Crippen molar-refractivity contribution in [3.63, 3.8) is 0 Å². The molecule has 8 rings (SSSR count). The highest BCUT2D eigenvalue weighted by Gasteiger charge is 2.37. The zero-order valence-corrected chi connectivity index (χ0v) is 44.4. The van der Waals surface area contributed by atoms with Crippen LogP contribution in [0.15, 0.2) is 95.2 Å². The van der Waals surface area contributed by atoms with Gasteiger partial charge in [-0.1, -0.05) is 70.0 Å². The third kappa shape index (κ3) is 12.2. The summed E-state index contributed by atoms with van der Waals surface area (Å²) in [6, 6.07) is 21.1. The van der Waals surface area contributed by atoms with Crippen LogP contribution in [0.3, 0.4) is 0 Å². The molecule has 5 atom stereocenters. The molecular weight excluding hydrogens is 967 g/mol. The first kappa shape index (κ1) is 54.3. The van der Waals surface area contributed by atoms with E-state index in [2.05, 4.69) is 10.6 Å². The van der Waals surface area contributed by atoms with E-state index in [1.165, 1.54) is 0 Å². The first-order chi connectivity index (χ1) is 36.7. The first-order valence-corrected chi connectivity index (χ1v) is 26.2. The average Bonchev–Trinajstić information content (AvgIpc) is 4.01. The highest BCUT2D eigenvalue weighted by Crippen LogP contribution is 2.42. The number of nitrogens with zero attached hydrogens (tertiary/aromatic N) is 4. The molecule has 4 N–H and O–H groups in total. The number of benzene rings is 4. The van der Waals surface area contributed by atoms with Gasteiger partial charge in [0.05, 0.1) is 75.0 Å². The normalized spacial score (nSPS) is 17.5. The SMILES string of the molecule is CCCCC(C(N)=O)[C@@H](C(=O)N[C@@H](C)C(=O)NCc1ccc(C2=CN3C(=O)c4cc(OC)c(OCCCCCOc5cc6c(cc5OC)C(=O)N5C=C(c7ccc(OC)cc7)C[C@H]5C=N6)cc4N=C[C@@H]3C2)cc1)C(C)C. The zero-order chi connectivity index (χ0) is 54.0. The number of carbonyl (C=O) groups is 5. The topological polar surface area (TPSA) is 213 Å². The Bertz CT molecular complexity index is 2930. The molecule has 76 heavy (non-hydrogen) atoms. The summed E-state index contributed by atoms with van der Waals surface area (Å²) in [5, 5.41) is 5.70. The van der Waals surface area contributed by atoms with Gasteiger partial charge in [-0.3, -0.25) is 34.0 Å². The summed E-state index contributed by atoms with van der Waals surface area (Å²) in [4.78, 5) is 79.4. The summed E-state index contributed by atoms with van der Waals surface area (Å²) in [6.07, 6.45) is 13.0. The third-order valence-corrected chi connectivity index (χ3v) is 14.4. The van der Waals surface area contributed by atoms with E-state index < -0.39 is 23.8 Å². The highest BCUT2D eigenvalue weighted by molar-refractivity contribution is 6.06. The van der Waals surface area contributed by atoms with Gasteiger partial charge in [-0.05, 0) is 90.6 Å². The van der Waals surface area contributed by atoms with Crippen molar-refractivity contribution in [1.82, 2.24) is 20.4 Å². The molecule has 0 aliphatic carbocycles. The molecule has 17 nitrogen and oxygen atoms in total. The number of methoxy groups -OCH3 is 3. The van der Waals surface area contributed by atoms with Crippen molar-refractivity contribution in [2.24, 2.45) is 33.5 Å². The van der Waals surface area contributed by atoms with Crippen molar-refractivity contribution in [1.29, 1.82) is 0 Å². The van der Waals surface area contributed by atoms with Gasteiger partial charge in [0.15, 0.2) is 23.0 Å². The zero-order valence-electron chi connectivity index (χ0n) is 44.4. The van der Waals surface area contributed by atoms with Crippen LogP contribution in [0.2, 0.25) is 0 Å². The molecular formula is C59H69N7O10. The Labute approximate surface area is 444 Å². The molecule has 0 saturated carbocycles. The molecule has 0 aromatic heterocycles. The largest absolute Gasteiger partial charge is 0.497 e. The van der Waals surface area contributed by atoms with Crippen LogP contribution in [0, 0.1) is 17.8 Å². The maximum Gasteiger partial charge on any atom is 0.260 e. The number of hydrogen-bond acceptors (Lipinski definition) is 12. The number of nitrogens with two attached hydrogens (primary N) is 1. The minimum absolute atomic E-state index is 0.137. The van der Waals surface area contributed by atoms with Crippen molar-refractivity contribution in [2.45, 2.75) is 104 Å². The number of nitrogens with one attached hydrogen (secondary N) is 2. The van der Waals surface area contributed by atoms with Crippen LogP contribution >= 0.6 is 0 Å². The summed E-state index contributed by atoms with van der Waals surface area (Å²) in [5.41, 5.74) is 12.4. The van der Waals surface area contributed by atoms with Crippen LogP contribution in [0.1, 0.15) is 116 Å². The first-order valence-electron chi connectivity index (χ1n) is 26.2. The molecule has 4 aromatic rings. The number of amides is 5. The maximum atomic E-state index is 14.1. The lowest BCUT2D eigenvalue weighted by Gasteiger charge is -2.28. The van der Waals surface area contributed by atoms with Crippen LogP contribution in [-0.4, -0.2) is 104 Å². The Balaban J connectivity index is 0.799. The van der Waals surface area contributed by atoms with E-state index in [1.54, 1.807) is 68.5 Å². The molecule has 5 amide bonds. The standard InChI is InChI=1S/C59H69N7O10/c1-8-9-13-45(55(60)67)54(35(2)3)57(69)64-36(4)56(68)63-30-37-14-16-38(17-15-37)40-24-42-31-61-48-28-52(50(73-6)26-46(48)58(70)65(42)33-40)75-22-11-10-12-23-76-53-29-49-47(27-51(53)74-7)59(71)66-34-41(25-43(66)32-62-49)39-18-20-44(72-5)21-19-39/h14-21,26-29,31-36,42-43,45,54H,8-13,22-25,30H2,1-7H3,(H2,60,67)(H,63,68)(H,64,69)/t36-,42-,43-,45?,54-/m0/s1. The van der Waals surface area contributed by atoms with Crippen LogP contribution in [0.5, 0.6) is 28.7 Å². The molecule has 4 aliphatic rings. The average molecular weight is 1040 g/mol. The van der Waals surface area contributed by atoms with Crippen molar-refractivity contribution < 1.29 is 47.7 Å². The van der Waals surface area contributed by atoms with Gasteiger partial charge in [0.2, 0.25) is 17.7 Å². The fraction of sp³-hybridized carbons (Fsp3) is 0.407. The highest BCUT2D eigenvalue weighted by atomic mass is 16.5. The lowest BCUT2D eigenvalue weighted by molar-refractivity contribution is -0.137. The van der Waals surface area contributed by atoms with Gasteiger partial charge < -0.3 is 49.9 Å². The van der Waals surface area contributed by atoms with E-state index in [1.807, 2.05) is 87.9 Å². The Kier molecular flexibility index (Phi) is 17.6. The molecule has 400 valence electrons. The molecule has 0 bridgehead atoms. The van der Waals surface area contributed by atoms with E-state index in [-0.39, 0.29) is 48.2 Å². The summed E-state index contributed by atoms with van der Waals surface area (Å²) in [7, 11) is 4.73. The Morgan fingerprint density at radius 2 is 1.18 bits per heavy atom. The second-order valence-corrected chi connectivity index (χ2v) is 19.9. The molecule has 0 saturated heterocycles. The van der Waals surface area contributed by atoms with Gasteiger partial charge in [0, 0.05) is 62.3 Å². The van der Waals surface area contributed by atoms with E-state index in [9.17, 15) is 24.0 Å². The van der Waals surface area contributed by atoms with Crippen molar-refractivity contribution in [2.75, 3.05) is 34.5 Å². The van der Waals surface area contributed by atoms with Gasteiger partial charge in [0.1, 0.15) is 11.8 Å². The van der Waals surface area contributed by atoms with Gasteiger partial charge in [0.25, 0.3) is 11.8 Å². The summed E-state index contributed by atoms with van der Waals surface area (Å²) in [5.74, 6) is -0.281. The molecule has 4 aliphatic heterocycles. The van der Waals surface area contributed by atoms with Gasteiger partial charge in [-0.25, -0.2) is 0 Å². The minimum Gasteiger partial charge on any atom is -0.497 e. The van der Waals surface area contributed by atoms with Crippen molar-refractivity contribution in [3.8, 4) is 28.7 Å². The Hall–Kier alpha value is -7.95. The second kappa shape index (κ2) is 24.6.